The Labute approximate surface area is 123 Å². The first-order chi connectivity index (χ1) is 10.3. The van der Waals surface area contributed by atoms with Crippen LogP contribution in [0.1, 0.15) is 15.9 Å². The van der Waals surface area contributed by atoms with Crippen LogP contribution in [-0.4, -0.2) is 36.0 Å². The van der Waals surface area contributed by atoms with Crippen LogP contribution in [0.4, 0.5) is 5.82 Å². The summed E-state index contributed by atoms with van der Waals surface area (Å²) in [5.74, 6) is 1.42. The van der Waals surface area contributed by atoms with Crippen molar-refractivity contribution in [2.75, 3.05) is 25.5 Å². The van der Waals surface area contributed by atoms with Gasteiger partial charge < -0.3 is 15.0 Å². The summed E-state index contributed by atoms with van der Waals surface area (Å²) >= 11 is 0. The summed E-state index contributed by atoms with van der Waals surface area (Å²) in [5, 5.41) is 2.96. The summed E-state index contributed by atoms with van der Waals surface area (Å²) in [4.78, 5) is 18.7. The summed E-state index contributed by atoms with van der Waals surface area (Å²) < 4.78 is 5.70. The highest BCUT2D eigenvalue weighted by molar-refractivity contribution is 5.98. The molecule has 1 aromatic carbocycles. The molecule has 0 aliphatic carbocycles. The monoisotopic (exact) mass is 283 g/mol. The van der Waals surface area contributed by atoms with Crippen LogP contribution < -0.4 is 10.1 Å². The summed E-state index contributed by atoms with van der Waals surface area (Å²) in [6.45, 7) is 1.61. The Bertz CT molecular complexity index is 657. The van der Waals surface area contributed by atoms with Crippen molar-refractivity contribution in [2.45, 2.75) is 6.54 Å². The van der Waals surface area contributed by atoms with E-state index in [1.54, 1.807) is 30.3 Å². The fourth-order valence-electron chi connectivity index (χ4n) is 2.45. The van der Waals surface area contributed by atoms with Crippen LogP contribution in [0.25, 0.3) is 0 Å². The quantitative estimate of drug-likeness (QED) is 0.917. The first-order valence-corrected chi connectivity index (χ1v) is 6.92. The molecule has 5 nitrogen and oxygen atoms in total. The van der Waals surface area contributed by atoms with Crippen LogP contribution >= 0.6 is 0 Å². The van der Waals surface area contributed by atoms with Crippen molar-refractivity contribution in [3.63, 3.8) is 0 Å². The lowest BCUT2D eigenvalue weighted by atomic mass is 10.1. The van der Waals surface area contributed by atoms with Gasteiger partial charge in [-0.3, -0.25) is 4.79 Å². The number of nitrogens with one attached hydrogen (secondary N) is 1. The third-order valence-corrected chi connectivity index (χ3v) is 3.51. The minimum atomic E-state index is -0.0345. The molecule has 1 amide bonds. The molecule has 0 unspecified atom stereocenters. The molecule has 3 rings (SSSR count). The molecule has 0 bridgehead atoms. The molecule has 1 aliphatic rings. The summed E-state index contributed by atoms with van der Waals surface area (Å²) in [6.07, 6.45) is 1.67. The topological polar surface area (TPSA) is 54.5 Å². The van der Waals surface area contributed by atoms with Crippen LogP contribution in [0.5, 0.6) is 5.75 Å². The van der Waals surface area contributed by atoms with Gasteiger partial charge in [0, 0.05) is 25.4 Å². The van der Waals surface area contributed by atoms with E-state index >= 15 is 0 Å². The minimum absolute atomic E-state index is 0.0345. The summed E-state index contributed by atoms with van der Waals surface area (Å²) in [7, 11) is 1.76. The number of ether oxygens (including phenoxy) is 1. The maximum absolute atomic E-state index is 12.7. The molecule has 0 fully saturated rings. The van der Waals surface area contributed by atoms with Gasteiger partial charge in [0.25, 0.3) is 5.91 Å². The number of aromatic nitrogens is 1. The lowest BCUT2D eigenvalue weighted by Crippen LogP contribution is -2.33. The van der Waals surface area contributed by atoms with Crippen molar-refractivity contribution in [3.8, 4) is 5.75 Å². The molecule has 0 saturated carbocycles. The number of carbonyl (C=O) groups is 1. The summed E-state index contributed by atoms with van der Waals surface area (Å²) in [5.41, 5.74) is 1.61. The average molecular weight is 283 g/mol. The number of hydrogen-bond acceptors (Lipinski definition) is 4. The van der Waals surface area contributed by atoms with Gasteiger partial charge in [-0.15, -0.1) is 0 Å². The van der Waals surface area contributed by atoms with Crippen LogP contribution in [0.3, 0.4) is 0 Å². The molecule has 5 heteroatoms. The number of para-hydroxylation sites is 1. The smallest absolute Gasteiger partial charge is 0.258 e. The fourth-order valence-corrected chi connectivity index (χ4v) is 2.45. The summed E-state index contributed by atoms with van der Waals surface area (Å²) in [6, 6.07) is 11.4. The van der Waals surface area contributed by atoms with Crippen LogP contribution in [0.15, 0.2) is 42.6 Å². The van der Waals surface area contributed by atoms with Gasteiger partial charge in [0.1, 0.15) is 18.2 Å². The van der Waals surface area contributed by atoms with Gasteiger partial charge in [-0.1, -0.05) is 18.2 Å². The van der Waals surface area contributed by atoms with Crippen molar-refractivity contribution < 1.29 is 9.53 Å². The lowest BCUT2D eigenvalue weighted by Gasteiger charge is -2.20. The Hall–Kier alpha value is -2.56. The third kappa shape index (κ3) is 2.67. The molecule has 1 aliphatic heterocycles. The highest BCUT2D eigenvalue weighted by Crippen LogP contribution is 2.24. The van der Waals surface area contributed by atoms with E-state index in [0.29, 0.717) is 31.1 Å². The van der Waals surface area contributed by atoms with Crippen molar-refractivity contribution in [3.05, 3.63) is 53.7 Å². The number of hydrogen-bond donors (Lipinski definition) is 1. The van der Waals surface area contributed by atoms with Gasteiger partial charge in [0.2, 0.25) is 0 Å². The third-order valence-electron chi connectivity index (χ3n) is 3.51. The molecular weight excluding hydrogens is 266 g/mol. The number of nitrogens with zero attached hydrogens (tertiary/aromatic N) is 2. The van der Waals surface area contributed by atoms with E-state index in [9.17, 15) is 4.79 Å². The Kier molecular flexibility index (Phi) is 3.73. The molecule has 1 N–H and O–H groups in total. The molecule has 0 saturated heterocycles. The van der Waals surface area contributed by atoms with Crippen molar-refractivity contribution >= 4 is 11.7 Å². The zero-order valence-electron chi connectivity index (χ0n) is 11.9. The number of pyridine rings is 1. The predicted octanol–water partition coefficient (Wildman–Crippen LogP) is 2.16. The standard InChI is InChI=1S/C16H17N3O2/c1-17-15-13(6-4-8-18-15)16(20)19-9-10-21-14-7-3-2-5-12(14)11-19/h2-8H,9-11H2,1H3,(H,17,18). The highest BCUT2D eigenvalue weighted by Gasteiger charge is 2.22. The van der Waals surface area contributed by atoms with Crippen LogP contribution in [0.2, 0.25) is 0 Å². The number of fused-ring (bicyclic) bond motifs is 1. The van der Waals surface area contributed by atoms with E-state index in [2.05, 4.69) is 10.3 Å². The molecular formula is C16H17N3O2. The lowest BCUT2D eigenvalue weighted by molar-refractivity contribution is 0.0734. The molecule has 0 radical (unpaired) electrons. The number of carbonyl (C=O) groups excluding carboxylic acids is 1. The van der Waals surface area contributed by atoms with Crippen molar-refractivity contribution in [1.82, 2.24) is 9.88 Å². The second kappa shape index (κ2) is 5.83. The molecule has 0 atom stereocenters. The Balaban J connectivity index is 1.88. The Morgan fingerprint density at radius 2 is 2.14 bits per heavy atom. The van der Waals surface area contributed by atoms with Gasteiger partial charge in [-0.2, -0.15) is 0 Å². The maximum Gasteiger partial charge on any atom is 0.258 e. The first-order valence-electron chi connectivity index (χ1n) is 6.92. The minimum Gasteiger partial charge on any atom is -0.491 e. The molecule has 2 aromatic rings. The van der Waals surface area contributed by atoms with E-state index in [1.165, 1.54) is 0 Å². The van der Waals surface area contributed by atoms with E-state index < -0.39 is 0 Å². The van der Waals surface area contributed by atoms with Gasteiger partial charge in [-0.25, -0.2) is 4.98 Å². The molecule has 108 valence electrons. The second-order valence-corrected chi connectivity index (χ2v) is 4.83. The SMILES string of the molecule is CNc1ncccc1C(=O)N1CCOc2ccccc2C1. The van der Waals surface area contributed by atoms with Crippen molar-refractivity contribution in [2.24, 2.45) is 0 Å². The zero-order chi connectivity index (χ0) is 14.7. The van der Waals surface area contributed by atoms with Crippen molar-refractivity contribution in [1.29, 1.82) is 0 Å². The van der Waals surface area contributed by atoms with E-state index in [-0.39, 0.29) is 5.91 Å². The van der Waals surface area contributed by atoms with E-state index in [4.69, 9.17) is 4.74 Å². The average Bonchev–Trinajstić information content (AvgIpc) is 2.76. The first kappa shape index (κ1) is 13.4. The number of anilines is 1. The van der Waals surface area contributed by atoms with Crippen LogP contribution in [0, 0.1) is 0 Å². The molecule has 1 aromatic heterocycles. The molecule has 2 heterocycles. The number of amides is 1. The van der Waals surface area contributed by atoms with Gasteiger partial charge in [0.05, 0.1) is 12.1 Å². The van der Waals surface area contributed by atoms with E-state index in [0.717, 1.165) is 11.3 Å². The van der Waals surface area contributed by atoms with Crippen LogP contribution in [-0.2, 0) is 6.54 Å². The Morgan fingerprint density at radius 1 is 1.29 bits per heavy atom. The van der Waals surface area contributed by atoms with Gasteiger partial charge >= 0.3 is 0 Å². The maximum atomic E-state index is 12.7. The van der Waals surface area contributed by atoms with Gasteiger partial charge in [0.15, 0.2) is 0 Å². The van der Waals surface area contributed by atoms with Gasteiger partial charge in [-0.05, 0) is 18.2 Å². The normalized spacial score (nSPS) is 13.9. The van der Waals surface area contributed by atoms with E-state index in [1.807, 2.05) is 24.3 Å². The number of rotatable bonds is 2. The largest absolute Gasteiger partial charge is 0.491 e. The number of benzene rings is 1. The predicted molar refractivity (Wildman–Crippen MR) is 80.5 cm³/mol. The fraction of sp³-hybridized carbons (Fsp3) is 0.250. The second-order valence-electron chi connectivity index (χ2n) is 4.83. The zero-order valence-corrected chi connectivity index (χ0v) is 11.9. The molecule has 0 spiro atoms. The Morgan fingerprint density at radius 3 is 3.00 bits per heavy atom. The highest BCUT2D eigenvalue weighted by atomic mass is 16.5. The molecule has 21 heavy (non-hydrogen) atoms.